The van der Waals surface area contributed by atoms with Crippen molar-refractivity contribution in [3.63, 3.8) is 0 Å². The van der Waals surface area contributed by atoms with Gasteiger partial charge in [0.1, 0.15) is 5.82 Å². The molecular weight excluding hydrogens is 305 g/mol. The first-order valence-corrected chi connectivity index (χ1v) is 8.24. The van der Waals surface area contributed by atoms with Crippen molar-refractivity contribution in [2.45, 2.75) is 25.2 Å². The second-order valence-corrected chi connectivity index (χ2v) is 6.27. The first-order valence-electron chi connectivity index (χ1n) is 8.24. The van der Waals surface area contributed by atoms with Crippen LogP contribution < -0.4 is 5.32 Å². The molecule has 0 spiro atoms. The Morgan fingerprint density at radius 3 is 2.33 bits per heavy atom. The van der Waals surface area contributed by atoms with E-state index in [9.17, 15) is 14.0 Å². The Morgan fingerprint density at radius 1 is 1.04 bits per heavy atom. The maximum absolute atomic E-state index is 12.9. The number of hydrogen-bond donors (Lipinski definition) is 1. The Hall–Kier alpha value is -2.49. The number of amides is 1. The largest absolute Gasteiger partial charge is 0.349 e. The Morgan fingerprint density at radius 2 is 1.71 bits per heavy atom. The summed E-state index contributed by atoms with van der Waals surface area (Å²) in [4.78, 5) is 24.3. The van der Waals surface area contributed by atoms with Gasteiger partial charge in [0.15, 0.2) is 5.78 Å². The molecule has 0 aliphatic heterocycles. The van der Waals surface area contributed by atoms with Crippen LogP contribution in [0.3, 0.4) is 0 Å². The van der Waals surface area contributed by atoms with Crippen molar-refractivity contribution in [3.05, 3.63) is 71.5 Å². The van der Waals surface area contributed by atoms with Gasteiger partial charge in [-0.1, -0.05) is 30.3 Å². The Kier molecular flexibility index (Phi) is 5.04. The topological polar surface area (TPSA) is 46.2 Å². The monoisotopic (exact) mass is 325 g/mol. The highest BCUT2D eigenvalue weighted by atomic mass is 19.1. The van der Waals surface area contributed by atoms with Crippen LogP contribution in [0.4, 0.5) is 4.39 Å². The molecule has 0 heterocycles. The van der Waals surface area contributed by atoms with Crippen LogP contribution in [0.5, 0.6) is 0 Å². The summed E-state index contributed by atoms with van der Waals surface area (Å²) in [5, 5.41) is 2.70. The highest BCUT2D eigenvalue weighted by molar-refractivity contribution is 5.99. The van der Waals surface area contributed by atoms with Gasteiger partial charge in [0.25, 0.3) is 0 Å². The van der Waals surface area contributed by atoms with Gasteiger partial charge in [0, 0.05) is 12.0 Å². The summed E-state index contributed by atoms with van der Waals surface area (Å²) in [5.74, 6) is 0.0565. The lowest BCUT2D eigenvalue weighted by Crippen LogP contribution is -2.30. The van der Waals surface area contributed by atoms with Gasteiger partial charge in [-0.25, -0.2) is 4.39 Å². The number of benzene rings is 2. The predicted molar refractivity (Wildman–Crippen MR) is 90.3 cm³/mol. The van der Waals surface area contributed by atoms with E-state index in [0.29, 0.717) is 17.9 Å². The summed E-state index contributed by atoms with van der Waals surface area (Å²) in [5.41, 5.74) is 1.58. The lowest BCUT2D eigenvalue weighted by molar-refractivity contribution is -0.121. The third-order valence-electron chi connectivity index (χ3n) is 4.44. The first kappa shape index (κ1) is 16.4. The number of rotatable bonds is 7. The van der Waals surface area contributed by atoms with Crippen LogP contribution in [-0.2, 0) is 4.79 Å². The third kappa shape index (κ3) is 4.28. The fourth-order valence-corrected chi connectivity index (χ4v) is 2.94. The molecule has 0 saturated heterocycles. The molecule has 1 N–H and O–H groups in total. The number of halogens is 1. The zero-order chi connectivity index (χ0) is 16.9. The molecule has 1 unspecified atom stereocenters. The number of nitrogens with one attached hydrogen (secondary N) is 1. The van der Waals surface area contributed by atoms with Gasteiger partial charge in [-0.3, -0.25) is 9.59 Å². The molecule has 1 amide bonds. The van der Waals surface area contributed by atoms with Crippen LogP contribution in [0.1, 0.15) is 41.1 Å². The fourth-order valence-electron chi connectivity index (χ4n) is 2.94. The van der Waals surface area contributed by atoms with Gasteiger partial charge >= 0.3 is 0 Å². The smallest absolute Gasteiger partial charge is 0.220 e. The van der Waals surface area contributed by atoms with E-state index in [2.05, 4.69) is 17.4 Å². The van der Waals surface area contributed by atoms with Crippen LogP contribution in [0, 0.1) is 11.7 Å². The van der Waals surface area contributed by atoms with E-state index in [4.69, 9.17) is 0 Å². The standard InChI is InChI=1S/C20H20FNO2/c21-17-10-8-16(9-11-17)19(23)13-22-20(24)12-18(15-6-7-15)14-4-2-1-3-5-14/h1-5,8-11,15,18H,6-7,12-13H2,(H,22,24). The zero-order valence-corrected chi connectivity index (χ0v) is 13.4. The van der Waals surface area contributed by atoms with Gasteiger partial charge in [-0.2, -0.15) is 0 Å². The van der Waals surface area contributed by atoms with Gasteiger partial charge in [0.2, 0.25) is 5.91 Å². The summed E-state index contributed by atoms with van der Waals surface area (Å²) < 4.78 is 12.9. The van der Waals surface area contributed by atoms with Crippen LogP contribution in [-0.4, -0.2) is 18.2 Å². The third-order valence-corrected chi connectivity index (χ3v) is 4.44. The molecule has 0 bridgehead atoms. The molecule has 2 aromatic rings. The van der Waals surface area contributed by atoms with E-state index in [1.54, 1.807) is 0 Å². The van der Waals surface area contributed by atoms with Crippen molar-refractivity contribution in [2.24, 2.45) is 5.92 Å². The molecular formula is C20H20FNO2. The Labute approximate surface area is 140 Å². The van der Waals surface area contributed by atoms with Crippen molar-refractivity contribution in [1.29, 1.82) is 0 Å². The lowest BCUT2D eigenvalue weighted by atomic mass is 9.91. The summed E-state index contributed by atoms with van der Waals surface area (Å²) in [6.45, 7) is -0.0589. The number of hydrogen-bond acceptors (Lipinski definition) is 2. The fraction of sp³-hybridized carbons (Fsp3) is 0.300. The van der Waals surface area contributed by atoms with Gasteiger partial charge < -0.3 is 5.32 Å². The van der Waals surface area contributed by atoms with Gasteiger partial charge in [-0.15, -0.1) is 0 Å². The van der Waals surface area contributed by atoms with E-state index in [1.807, 2.05) is 18.2 Å². The molecule has 1 aliphatic rings. The highest BCUT2D eigenvalue weighted by Gasteiger charge is 2.33. The molecule has 4 heteroatoms. The second-order valence-electron chi connectivity index (χ2n) is 6.27. The molecule has 1 atom stereocenters. The average molecular weight is 325 g/mol. The molecule has 3 rings (SSSR count). The maximum Gasteiger partial charge on any atom is 0.220 e. The summed E-state index contributed by atoms with van der Waals surface area (Å²) in [6, 6.07) is 15.4. The SMILES string of the molecule is O=C(CC(c1ccccc1)C1CC1)NCC(=O)c1ccc(F)cc1. The summed E-state index contributed by atoms with van der Waals surface area (Å²) in [6.07, 6.45) is 2.70. The van der Waals surface area contributed by atoms with E-state index < -0.39 is 0 Å². The maximum atomic E-state index is 12.9. The van der Waals surface area contributed by atoms with Crippen LogP contribution in [0.2, 0.25) is 0 Å². The van der Waals surface area contributed by atoms with Crippen LogP contribution in [0.15, 0.2) is 54.6 Å². The first-order chi connectivity index (χ1) is 11.6. The number of Topliss-reactive ketones (excluding diaryl/α,β-unsaturated/α-hetero) is 1. The molecule has 2 aromatic carbocycles. The Balaban J connectivity index is 1.54. The molecule has 3 nitrogen and oxygen atoms in total. The van der Waals surface area contributed by atoms with Crippen molar-refractivity contribution in [1.82, 2.24) is 5.32 Å². The minimum Gasteiger partial charge on any atom is -0.349 e. The normalized spacial score (nSPS) is 14.9. The van der Waals surface area contributed by atoms with E-state index in [0.717, 1.165) is 12.8 Å². The predicted octanol–water partition coefficient (Wildman–Crippen LogP) is 3.71. The molecule has 24 heavy (non-hydrogen) atoms. The second kappa shape index (κ2) is 7.39. The van der Waals surface area contributed by atoms with Crippen molar-refractivity contribution >= 4 is 11.7 Å². The average Bonchev–Trinajstić information content (AvgIpc) is 3.44. The number of carbonyl (C=O) groups is 2. The van der Waals surface area contributed by atoms with Gasteiger partial charge in [-0.05, 0) is 54.5 Å². The van der Waals surface area contributed by atoms with Crippen molar-refractivity contribution in [3.8, 4) is 0 Å². The van der Waals surface area contributed by atoms with Crippen LogP contribution >= 0.6 is 0 Å². The van der Waals surface area contributed by atoms with Crippen molar-refractivity contribution < 1.29 is 14.0 Å². The molecule has 124 valence electrons. The van der Waals surface area contributed by atoms with E-state index >= 15 is 0 Å². The van der Waals surface area contributed by atoms with E-state index in [-0.39, 0.29) is 30.0 Å². The number of ketones is 1. The summed E-state index contributed by atoms with van der Waals surface area (Å²) >= 11 is 0. The highest BCUT2D eigenvalue weighted by Crippen LogP contribution is 2.44. The lowest BCUT2D eigenvalue weighted by Gasteiger charge is -2.16. The Bertz CT molecular complexity index is 708. The van der Waals surface area contributed by atoms with Crippen molar-refractivity contribution in [2.75, 3.05) is 6.54 Å². The molecule has 0 radical (unpaired) electrons. The quantitative estimate of drug-likeness (QED) is 0.789. The summed E-state index contributed by atoms with van der Waals surface area (Å²) in [7, 11) is 0. The molecule has 0 aromatic heterocycles. The minimum atomic E-state index is -0.384. The molecule has 1 fully saturated rings. The molecule has 1 saturated carbocycles. The number of carbonyl (C=O) groups excluding carboxylic acids is 2. The minimum absolute atomic E-state index is 0.0589. The zero-order valence-electron chi connectivity index (χ0n) is 13.4. The van der Waals surface area contributed by atoms with E-state index in [1.165, 1.54) is 29.8 Å². The van der Waals surface area contributed by atoms with Gasteiger partial charge in [0.05, 0.1) is 6.54 Å². The molecule has 1 aliphatic carbocycles. The van der Waals surface area contributed by atoms with Crippen LogP contribution in [0.25, 0.3) is 0 Å².